The summed E-state index contributed by atoms with van der Waals surface area (Å²) in [5.41, 5.74) is 0.640. The number of anilines is 1. The molecule has 1 aromatic rings. The molecule has 1 N–H and O–H groups in total. The number of hydrogen-bond donors (Lipinski definition) is 1. The molecule has 0 spiro atoms. The Balaban J connectivity index is 2.11. The van der Waals surface area contributed by atoms with E-state index in [9.17, 15) is 8.42 Å². The summed E-state index contributed by atoms with van der Waals surface area (Å²) < 4.78 is 22.8. The summed E-state index contributed by atoms with van der Waals surface area (Å²) >= 11 is 0. The minimum Gasteiger partial charge on any atom is -0.392 e. The maximum Gasteiger partial charge on any atom is 0.225 e. The van der Waals surface area contributed by atoms with Crippen molar-refractivity contribution in [3.05, 3.63) is 18.0 Å². The van der Waals surface area contributed by atoms with Crippen molar-refractivity contribution in [1.82, 2.24) is 9.97 Å². The van der Waals surface area contributed by atoms with Gasteiger partial charge < -0.3 is 10.0 Å². The standard InChI is InChI=1S/C10H15N3O3S/c1-13(9-2-3-17(15,16)7-9)10-11-4-8(6-14)5-12-10/h4-5,9,14H,2-3,6-7H2,1H3. The monoisotopic (exact) mass is 257 g/mol. The molecule has 1 aliphatic rings. The van der Waals surface area contributed by atoms with E-state index in [2.05, 4.69) is 9.97 Å². The third kappa shape index (κ3) is 2.73. The van der Waals surface area contributed by atoms with E-state index in [1.807, 2.05) is 0 Å². The first-order valence-electron chi connectivity index (χ1n) is 5.37. The van der Waals surface area contributed by atoms with Crippen LogP contribution in [-0.4, -0.2) is 48.1 Å². The van der Waals surface area contributed by atoms with Crippen molar-refractivity contribution < 1.29 is 13.5 Å². The number of sulfone groups is 1. The summed E-state index contributed by atoms with van der Waals surface area (Å²) in [4.78, 5) is 9.99. The van der Waals surface area contributed by atoms with Crippen LogP contribution in [0.3, 0.4) is 0 Å². The van der Waals surface area contributed by atoms with Crippen LogP contribution in [0.5, 0.6) is 0 Å². The van der Waals surface area contributed by atoms with Crippen LogP contribution in [0.15, 0.2) is 12.4 Å². The number of aromatic nitrogens is 2. The first-order chi connectivity index (χ1) is 8.02. The summed E-state index contributed by atoms with van der Waals surface area (Å²) in [7, 11) is -1.11. The molecule has 1 atom stereocenters. The lowest BCUT2D eigenvalue weighted by molar-refractivity contribution is 0.281. The second-order valence-electron chi connectivity index (χ2n) is 4.22. The van der Waals surface area contributed by atoms with Crippen LogP contribution in [0.4, 0.5) is 5.95 Å². The number of hydrogen-bond acceptors (Lipinski definition) is 6. The summed E-state index contributed by atoms with van der Waals surface area (Å²) in [5, 5.41) is 8.87. The normalized spacial score (nSPS) is 22.6. The number of aliphatic hydroxyl groups is 1. The van der Waals surface area contributed by atoms with Crippen molar-refractivity contribution in [2.24, 2.45) is 0 Å². The molecule has 0 amide bonds. The zero-order chi connectivity index (χ0) is 12.5. The molecule has 17 heavy (non-hydrogen) atoms. The van der Waals surface area contributed by atoms with E-state index in [0.717, 1.165) is 0 Å². The third-order valence-corrected chi connectivity index (χ3v) is 4.70. The predicted molar refractivity (Wildman–Crippen MR) is 63.4 cm³/mol. The molecule has 0 saturated carbocycles. The molecule has 0 aliphatic carbocycles. The van der Waals surface area contributed by atoms with E-state index in [0.29, 0.717) is 17.9 Å². The highest BCUT2D eigenvalue weighted by Gasteiger charge is 2.31. The second-order valence-corrected chi connectivity index (χ2v) is 6.45. The average Bonchev–Trinajstić information content (AvgIpc) is 2.69. The Morgan fingerprint density at radius 2 is 2.12 bits per heavy atom. The van der Waals surface area contributed by atoms with Gasteiger partial charge in [-0.15, -0.1) is 0 Å². The fraction of sp³-hybridized carbons (Fsp3) is 0.600. The summed E-state index contributed by atoms with van der Waals surface area (Å²) in [6, 6.07) is -0.0556. The first kappa shape index (κ1) is 12.3. The van der Waals surface area contributed by atoms with Crippen LogP contribution in [0.25, 0.3) is 0 Å². The molecule has 1 unspecified atom stereocenters. The smallest absolute Gasteiger partial charge is 0.225 e. The van der Waals surface area contributed by atoms with Gasteiger partial charge >= 0.3 is 0 Å². The Hall–Kier alpha value is -1.21. The van der Waals surface area contributed by atoms with Crippen LogP contribution in [-0.2, 0) is 16.4 Å². The van der Waals surface area contributed by atoms with E-state index >= 15 is 0 Å². The fourth-order valence-corrected chi connectivity index (χ4v) is 3.63. The molecule has 1 aromatic heterocycles. The Bertz CT molecular complexity index is 486. The largest absolute Gasteiger partial charge is 0.392 e. The SMILES string of the molecule is CN(c1ncc(CO)cn1)C1CCS(=O)(=O)C1. The van der Waals surface area contributed by atoms with Gasteiger partial charge in [0, 0.05) is 31.0 Å². The van der Waals surface area contributed by atoms with Gasteiger partial charge in [0.25, 0.3) is 0 Å². The molecular weight excluding hydrogens is 242 g/mol. The van der Waals surface area contributed by atoms with Gasteiger partial charge in [-0.05, 0) is 6.42 Å². The minimum absolute atomic E-state index is 0.0556. The topological polar surface area (TPSA) is 83.4 Å². The number of nitrogens with zero attached hydrogens (tertiary/aromatic N) is 3. The molecule has 0 radical (unpaired) electrons. The predicted octanol–water partition coefficient (Wildman–Crippen LogP) is -0.408. The highest BCUT2D eigenvalue weighted by atomic mass is 32.2. The zero-order valence-corrected chi connectivity index (χ0v) is 10.4. The molecule has 2 heterocycles. The van der Waals surface area contributed by atoms with Crippen molar-refractivity contribution in [2.45, 2.75) is 19.1 Å². The van der Waals surface area contributed by atoms with E-state index in [4.69, 9.17) is 5.11 Å². The molecule has 6 nitrogen and oxygen atoms in total. The van der Waals surface area contributed by atoms with Gasteiger partial charge in [-0.3, -0.25) is 0 Å². The van der Waals surface area contributed by atoms with Gasteiger partial charge in [-0.1, -0.05) is 0 Å². The number of aliphatic hydroxyl groups excluding tert-OH is 1. The highest BCUT2D eigenvalue weighted by Crippen LogP contribution is 2.19. The van der Waals surface area contributed by atoms with Gasteiger partial charge in [0.1, 0.15) is 0 Å². The Morgan fingerprint density at radius 3 is 2.59 bits per heavy atom. The van der Waals surface area contributed by atoms with Crippen molar-refractivity contribution in [3.63, 3.8) is 0 Å². The van der Waals surface area contributed by atoms with Crippen molar-refractivity contribution in [2.75, 3.05) is 23.5 Å². The van der Waals surface area contributed by atoms with Gasteiger partial charge in [0.15, 0.2) is 9.84 Å². The van der Waals surface area contributed by atoms with Gasteiger partial charge in [0.05, 0.1) is 18.1 Å². The quantitative estimate of drug-likeness (QED) is 0.792. The maximum absolute atomic E-state index is 11.4. The van der Waals surface area contributed by atoms with Gasteiger partial charge in [-0.2, -0.15) is 0 Å². The van der Waals surface area contributed by atoms with Crippen molar-refractivity contribution in [1.29, 1.82) is 0 Å². The van der Waals surface area contributed by atoms with E-state index < -0.39 is 9.84 Å². The zero-order valence-electron chi connectivity index (χ0n) is 9.57. The lowest BCUT2D eigenvalue weighted by Crippen LogP contribution is -2.33. The lowest BCUT2D eigenvalue weighted by atomic mass is 10.2. The lowest BCUT2D eigenvalue weighted by Gasteiger charge is -2.23. The average molecular weight is 257 g/mol. The van der Waals surface area contributed by atoms with E-state index in [-0.39, 0.29) is 24.2 Å². The molecule has 2 rings (SSSR count). The Kier molecular flexibility index (Phi) is 3.30. The van der Waals surface area contributed by atoms with Crippen LogP contribution in [0.2, 0.25) is 0 Å². The van der Waals surface area contributed by atoms with Crippen LogP contribution in [0, 0.1) is 0 Å². The summed E-state index contributed by atoms with van der Waals surface area (Å²) in [6.07, 6.45) is 3.70. The first-order valence-corrected chi connectivity index (χ1v) is 7.19. The third-order valence-electron chi connectivity index (χ3n) is 2.95. The maximum atomic E-state index is 11.4. The molecule has 0 aromatic carbocycles. The molecule has 1 saturated heterocycles. The van der Waals surface area contributed by atoms with Gasteiger partial charge in [-0.25, -0.2) is 18.4 Å². The van der Waals surface area contributed by atoms with Crippen LogP contribution in [0.1, 0.15) is 12.0 Å². The van der Waals surface area contributed by atoms with Crippen molar-refractivity contribution >= 4 is 15.8 Å². The second kappa shape index (κ2) is 4.58. The number of rotatable bonds is 3. The molecular formula is C10H15N3O3S. The summed E-state index contributed by atoms with van der Waals surface area (Å²) in [5.74, 6) is 0.884. The molecule has 94 valence electrons. The minimum atomic E-state index is -2.90. The molecule has 7 heteroatoms. The van der Waals surface area contributed by atoms with E-state index in [1.165, 1.54) is 0 Å². The summed E-state index contributed by atoms with van der Waals surface area (Å²) in [6.45, 7) is -0.0954. The molecule has 1 aliphatic heterocycles. The van der Waals surface area contributed by atoms with Gasteiger partial charge in [0.2, 0.25) is 5.95 Å². The van der Waals surface area contributed by atoms with Crippen LogP contribution < -0.4 is 4.90 Å². The Morgan fingerprint density at radius 1 is 1.47 bits per heavy atom. The van der Waals surface area contributed by atoms with E-state index in [1.54, 1.807) is 24.3 Å². The highest BCUT2D eigenvalue weighted by molar-refractivity contribution is 7.91. The van der Waals surface area contributed by atoms with Crippen molar-refractivity contribution in [3.8, 4) is 0 Å². The molecule has 0 bridgehead atoms. The van der Waals surface area contributed by atoms with Crippen LogP contribution >= 0.6 is 0 Å². The molecule has 1 fully saturated rings. The Labute approximate surface area is 100 Å². The fourth-order valence-electron chi connectivity index (χ4n) is 1.86.